The molecule has 1 fully saturated rings. The summed E-state index contributed by atoms with van der Waals surface area (Å²) < 4.78 is 70.6. The van der Waals surface area contributed by atoms with Crippen molar-refractivity contribution >= 4 is 21.6 Å². The van der Waals surface area contributed by atoms with E-state index in [1.54, 1.807) is 0 Å². The number of hydrogen-bond acceptors (Lipinski definition) is 6. The summed E-state index contributed by atoms with van der Waals surface area (Å²) in [6.45, 7) is 0.863. The molecular weight excluding hydrogens is 381 g/mol. The minimum absolute atomic E-state index is 0.0459. The highest BCUT2D eigenvalue weighted by Crippen LogP contribution is 2.34. The number of alkyl halides is 3. The second kappa shape index (κ2) is 8.16. The third-order valence-corrected chi connectivity index (χ3v) is 5.17. The first kappa shape index (κ1) is 20.4. The van der Waals surface area contributed by atoms with Gasteiger partial charge in [-0.1, -0.05) is 0 Å². The van der Waals surface area contributed by atoms with Crippen molar-refractivity contribution in [1.82, 2.24) is 9.03 Å². The van der Waals surface area contributed by atoms with Crippen molar-refractivity contribution in [2.75, 3.05) is 44.7 Å². The van der Waals surface area contributed by atoms with Crippen LogP contribution in [-0.2, 0) is 21.1 Å². The van der Waals surface area contributed by atoms with Crippen molar-refractivity contribution in [1.29, 1.82) is 0 Å². The summed E-state index contributed by atoms with van der Waals surface area (Å²) in [6.07, 6.45) is -4.70. The Kier molecular flexibility index (Phi) is 6.39. The predicted octanol–water partition coefficient (Wildman–Crippen LogP) is 1.19. The van der Waals surface area contributed by atoms with E-state index in [0.29, 0.717) is 12.1 Å². The maximum atomic E-state index is 12.6. The molecule has 1 aromatic rings. The molecule has 26 heavy (non-hydrogen) atoms. The Hall–Kier alpha value is -1.96. The first-order chi connectivity index (χ1) is 12.1. The zero-order valence-electron chi connectivity index (χ0n) is 13.5. The summed E-state index contributed by atoms with van der Waals surface area (Å²) in [5.74, 6) is 0. The quantitative estimate of drug-likeness (QED) is 0.405. The fourth-order valence-electron chi connectivity index (χ4n) is 2.26. The topological polar surface area (TPSA) is 114 Å². The van der Waals surface area contributed by atoms with E-state index in [4.69, 9.17) is 4.74 Å². The van der Waals surface area contributed by atoms with Gasteiger partial charge in [0, 0.05) is 32.2 Å². The van der Waals surface area contributed by atoms with Crippen LogP contribution < -0.4 is 10.0 Å². The molecule has 1 aromatic carbocycles. The highest BCUT2D eigenvalue weighted by molar-refractivity contribution is 7.87. The Morgan fingerprint density at radius 3 is 2.46 bits per heavy atom. The third kappa shape index (κ3) is 5.27. The Bertz CT molecular complexity index is 751. The van der Waals surface area contributed by atoms with Crippen molar-refractivity contribution in [3.63, 3.8) is 0 Å². The smallest absolute Gasteiger partial charge is 0.379 e. The molecule has 146 valence electrons. The molecule has 0 unspecified atom stereocenters. The average Bonchev–Trinajstić information content (AvgIpc) is 2.58. The van der Waals surface area contributed by atoms with Crippen molar-refractivity contribution in [3.8, 4) is 0 Å². The molecule has 2 N–H and O–H groups in total. The van der Waals surface area contributed by atoms with Gasteiger partial charge in [-0.15, -0.1) is 0 Å². The molecule has 1 aliphatic heterocycles. The van der Waals surface area contributed by atoms with Crippen molar-refractivity contribution < 1.29 is 31.2 Å². The number of halogens is 3. The van der Waals surface area contributed by atoms with E-state index in [1.165, 1.54) is 4.31 Å². The number of anilines is 1. The van der Waals surface area contributed by atoms with Gasteiger partial charge in [-0.3, -0.25) is 10.1 Å². The fraction of sp³-hybridized carbons (Fsp3) is 0.538. The lowest BCUT2D eigenvalue weighted by molar-refractivity contribution is -0.384. The van der Waals surface area contributed by atoms with Gasteiger partial charge in [0.25, 0.3) is 15.9 Å². The largest absolute Gasteiger partial charge is 0.416 e. The van der Waals surface area contributed by atoms with Crippen LogP contribution in [-0.4, -0.2) is 57.0 Å². The zero-order chi connectivity index (χ0) is 19.4. The van der Waals surface area contributed by atoms with E-state index in [1.807, 2.05) is 0 Å². The van der Waals surface area contributed by atoms with Gasteiger partial charge in [0.15, 0.2) is 0 Å². The van der Waals surface area contributed by atoms with E-state index in [0.717, 1.165) is 6.07 Å². The van der Waals surface area contributed by atoms with E-state index in [-0.39, 0.29) is 45.1 Å². The van der Waals surface area contributed by atoms with Crippen LogP contribution >= 0.6 is 0 Å². The number of nitro benzene ring substituents is 1. The van der Waals surface area contributed by atoms with Crippen LogP contribution in [0.3, 0.4) is 0 Å². The number of morpholine rings is 1. The van der Waals surface area contributed by atoms with Crippen LogP contribution in [0.5, 0.6) is 0 Å². The normalized spacial score (nSPS) is 16.4. The fourth-order valence-corrected chi connectivity index (χ4v) is 3.44. The summed E-state index contributed by atoms with van der Waals surface area (Å²) in [5.41, 5.74) is -2.01. The molecule has 1 aliphatic rings. The highest BCUT2D eigenvalue weighted by atomic mass is 32.2. The van der Waals surface area contributed by atoms with Crippen LogP contribution in [0.2, 0.25) is 0 Å². The van der Waals surface area contributed by atoms with Gasteiger partial charge in [0.2, 0.25) is 0 Å². The Morgan fingerprint density at radius 1 is 1.23 bits per heavy atom. The van der Waals surface area contributed by atoms with Gasteiger partial charge in [-0.25, -0.2) is 4.72 Å². The molecule has 2 rings (SSSR count). The van der Waals surface area contributed by atoms with E-state index < -0.39 is 32.6 Å². The number of nitrogens with one attached hydrogen (secondary N) is 2. The van der Waals surface area contributed by atoms with Crippen molar-refractivity contribution in [3.05, 3.63) is 33.9 Å². The van der Waals surface area contributed by atoms with E-state index >= 15 is 0 Å². The predicted molar refractivity (Wildman–Crippen MR) is 85.9 cm³/mol. The average molecular weight is 398 g/mol. The van der Waals surface area contributed by atoms with Crippen molar-refractivity contribution in [2.45, 2.75) is 6.18 Å². The summed E-state index contributed by atoms with van der Waals surface area (Å²) in [7, 11) is -3.71. The van der Waals surface area contributed by atoms with Gasteiger partial charge in [-0.2, -0.15) is 25.9 Å². The molecule has 9 nitrogen and oxygen atoms in total. The molecule has 0 amide bonds. The number of nitro groups is 1. The second-order valence-corrected chi connectivity index (χ2v) is 7.08. The summed E-state index contributed by atoms with van der Waals surface area (Å²) in [6, 6.07) is 2.09. The molecule has 0 atom stereocenters. The van der Waals surface area contributed by atoms with Crippen LogP contribution in [0, 0.1) is 10.1 Å². The van der Waals surface area contributed by atoms with Gasteiger partial charge in [0.05, 0.1) is 23.7 Å². The SMILES string of the molecule is O=[N+]([O-])c1cc(C(F)(F)F)ccc1NCCNS(=O)(=O)N1CCOCC1. The lowest BCUT2D eigenvalue weighted by Crippen LogP contribution is -2.47. The summed E-state index contributed by atoms with van der Waals surface area (Å²) in [5, 5.41) is 13.5. The van der Waals surface area contributed by atoms with Crippen molar-refractivity contribution in [2.24, 2.45) is 0 Å². The maximum absolute atomic E-state index is 12.6. The van der Waals surface area contributed by atoms with E-state index in [2.05, 4.69) is 10.0 Å². The number of nitrogens with zero attached hydrogens (tertiary/aromatic N) is 2. The van der Waals surface area contributed by atoms with Crippen LogP contribution in [0.15, 0.2) is 18.2 Å². The van der Waals surface area contributed by atoms with Crippen LogP contribution in [0.1, 0.15) is 5.56 Å². The monoisotopic (exact) mass is 398 g/mol. The number of ether oxygens (including phenoxy) is 1. The van der Waals surface area contributed by atoms with Gasteiger partial charge < -0.3 is 10.1 Å². The number of benzene rings is 1. The first-order valence-corrected chi connectivity index (χ1v) is 8.97. The molecular formula is C13H17F3N4O5S. The molecule has 0 spiro atoms. The molecule has 0 aromatic heterocycles. The highest BCUT2D eigenvalue weighted by Gasteiger charge is 2.33. The lowest BCUT2D eigenvalue weighted by Gasteiger charge is -2.26. The molecule has 0 aliphatic carbocycles. The standard InChI is InChI=1S/C13H17F3N4O5S/c14-13(15,16)10-1-2-11(12(9-10)20(21)22)17-3-4-18-26(23,24)19-5-7-25-8-6-19/h1-2,9,17-18H,3-8H2. The molecule has 0 radical (unpaired) electrons. The van der Waals surface area contributed by atoms with Gasteiger partial charge in [0.1, 0.15) is 5.69 Å². The lowest BCUT2D eigenvalue weighted by atomic mass is 10.1. The Labute approximate surface area is 147 Å². The Balaban J connectivity index is 1.96. The van der Waals surface area contributed by atoms with Gasteiger partial charge in [-0.05, 0) is 12.1 Å². The van der Waals surface area contributed by atoms with Gasteiger partial charge >= 0.3 is 6.18 Å². The molecule has 0 saturated carbocycles. The van der Waals surface area contributed by atoms with Crippen LogP contribution in [0.25, 0.3) is 0 Å². The second-order valence-electron chi connectivity index (χ2n) is 5.32. The number of rotatable bonds is 7. The minimum Gasteiger partial charge on any atom is -0.379 e. The molecule has 1 saturated heterocycles. The first-order valence-electron chi connectivity index (χ1n) is 7.53. The maximum Gasteiger partial charge on any atom is 0.416 e. The zero-order valence-corrected chi connectivity index (χ0v) is 14.3. The molecule has 13 heteroatoms. The minimum atomic E-state index is -4.70. The number of hydrogen-bond donors (Lipinski definition) is 2. The molecule has 0 bridgehead atoms. The summed E-state index contributed by atoms with van der Waals surface area (Å²) >= 11 is 0. The third-order valence-electron chi connectivity index (χ3n) is 3.56. The van der Waals surface area contributed by atoms with E-state index in [9.17, 15) is 31.7 Å². The Morgan fingerprint density at radius 2 is 1.88 bits per heavy atom. The summed E-state index contributed by atoms with van der Waals surface area (Å²) in [4.78, 5) is 10.0. The molecule has 1 heterocycles. The van der Waals surface area contributed by atoms with Crippen LogP contribution in [0.4, 0.5) is 24.5 Å².